The van der Waals surface area contributed by atoms with Gasteiger partial charge in [0, 0.05) is 0 Å². The maximum absolute atomic E-state index is 11.5. The number of carbonyl (C=O) groups is 2. The van der Waals surface area contributed by atoms with E-state index < -0.39 is 11.9 Å². The average molecular weight is 321 g/mol. The van der Waals surface area contributed by atoms with Gasteiger partial charge in [0.15, 0.2) is 5.75 Å². The third-order valence-electron chi connectivity index (χ3n) is 2.78. The van der Waals surface area contributed by atoms with E-state index in [0.29, 0.717) is 17.9 Å². The number of esters is 1. The van der Waals surface area contributed by atoms with E-state index in [-0.39, 0.29) is 16.3 Å². The highest BCUT2D eigenvalue weighted by molar-refractivity contribution is 6.32. The van der Waals surface area contributed by atoms with Gasteiger partial charge in [-0.3, -0.25) is 0 Å². The minimum absolute atomic E-state index is 0.0398. The Morgan fingerprint density at radius 2 is 1.82 bits per heavy atom. The minimum atomic E-state index is -1.14. The first kappa shape index (κ1) is 15.9. The standard InChI is InChI=1S/C16H13ClO5/c1-2-21-16(20)10-6-8-11(9-7-10)22-14-12(15(18)19)4-3-5-13(14)17/h3-9H,2H2,1H3,(H,18,19). The number of halogens is 1. The van der Waals surface area contributed by atoms with Gasteiger partial charge in [-0.2, -0.15) is 0 Å². The second-order valence-electron chi connectivity index (χ2n) is 4.27. The molecule has 0 heterocycles. The number of carboxylic acid groups (broad SMARTS) is 1. The Morgan fingerprint density at radius 3 is 2.41 bits per heavy atom. The van der Waals surface area contributed by atoms with Crippen LogP contribution in [0.5, 0.6) is 11.5 Å². The van der Waals surface area contributed by atoms with Crippen molar-refractivity contribution in [3.63, 3.8) is 0 Å². The largest absolute Gasteiger partial charge is 0.478 e. The van der Waals surface area contributed by atoms with Crippen molar-refractivity contribution in [2.24, 2.45) is 0 Å². The van der Waals surface area contributed by atoms with Crippen LogP contribution in [0.2, 0.25) is 5.02 Å². The van der Waals surface area contributed by atoms with E-state index in [4.69, 9.17) is 26.2 Å². The fourth-order valence-electron chi connectivity index (χ4n) is 1.77. The van der Waals surface area contributed by atoms with Gasteiger partial charge < -0.3 is 14.6 Å². The van der Waals surface area contributed by atoms with Crippen LogP contribution in [-0.4, -0.2) is 23.7 Å². The van der Waals surface area contributed by atoms with Gasteiger partial charge in [0.1, 0.15) is 11.3 Å². The van der Waals surface area contributed by atoms with Gasteiger partial charge in [0.05, 0.1) is 17.2 Å². The molecule has 0 aliphatic heterocycles. The zero-order valence-corrected chi connectivity index (χ0v) is 12.5. The number of para-hydroxylation sites is 1. The lowest BCUT2D eigenvalue weighted by atomic mass is 10.2. The van der Waals surface area contributed by atoms with Gasteiger partial charge >= 0.3 is 11.9 Å². The molecule has 6 heteroatoms. The lowest BCUT2D eigenvalue weighted by Crippen LogP contribution is -2.04. The molecule has 0 atom stereocenters. The van der Waals surface area contributed by atoms with Crippen molar-refractivity contribution in [2.45, 2.75) is 6.92 Å². The van der Waals surface area contributed by atoms with Gasteiger partial charge in [0.2, 0.25) is 0 Å². The van der Waals surface area contributed by atoms with Gasteiger partial charge in [0.25, 0.3) is 0 Å². The van der Waals surface area contributed by atoms with Crippen LogP contribution >= 0.6 is 11.6 Å². The summed E-state index contributed by atoms with van der Waals surface area (Å²) in [7, 11) is 0. The lowest BCUT2D eigenvalue weighted by Gasteiger charge is -2.10. The number of benzene rings is 2. The average Bonchev–Trinajstić information content (AvgIpc) is 2.50. The summed E-state index contributed by atoms with van der Waals surface area (Å²) in [5.74, 6) is -1.15. The molecule has 0 bridgehead atoms. The first-order chi connectivity index (χ1) is 10.5. The Hall–Kier alpha value is -2.53. The molecular formula is C16H13ClO5. The van der Waals surface area contributed by atoms with E-state index in [1.54, 1.807) is 19.1 Å². The van der Waals surface area contributed by atoms with Crippen LogP contribution in [0.15, 0.2) is 42.5 Å². The van der Waals surface area contributed by atoms with Crippen LogP contribution in [-0.2, 0) is 4.74 Å². The van der Waals surface area contributed by atoms with E-state index >= 15 is 0 Å². The molecule has 0 aliphatic carbocycles. The first-order valence-corrected chi connectivity index (χ1v) is 6.87. The van der Waals surface area contributed by atoms with Crippen LogP contribution < -0.4 is 4.74 Å². The molecule has 1 N–H and O–H groups in total. The summed E-state index contributed by atoms with van der Waals surface area (Å²) in [6, 6.07) is 10.6. The Balaban J connectivity index is 2.25. The third-order valence-corrected chi connectivity index (χ3v) is 3.08. The summed E-state index contributed by atoms with van der Waals surface area (Å²) in [6.45, 7) is 2.01. The molecule has 0 saturated carbocycles. The molecule has 2 rings (SSSR count). The zero-order valence-electron chi connectivity index (χ0n) is 11.7. The van der Waals surface area contributed by atoms with Crippen molar-refractivity contribution < 1.29 is 24.2 Å². The molecule has 0 saturated heterocycles. The molecule has 0 amide bonds. The Kier molecular flexibility index (Phi) is 5.01. The smallest absolute Gasteiger partial charge is 0.339 e. The van der Waals surface area contributed by atoms with E-state index in [9.17, 15) is 9.59 Å². The SMILES string of the molecule is CCOC(=O)c1ccc(Oc2c(Cl)cccc2C(=O)O)cc1. The minimum Gasteiger partial charge on any atom is -0.478 e. The number of carbonyl (C=O) groups excluding carboxylic acids is 1. The van der Waals surface area contributed by atoms with Gasteiger partial charge in [-0.15, -0.1) is 0 Å². The molecule has 0 unspecified atom stereocenters. The summed E-state index contributed by atoms with van der Waals surface area (Å²) in [5, 5.41) is 9.33. The molecule has 22 heavy (non-hydrogen) atoms. The fraction of sp³-hybridized carbons (Fsp3) is 0.125. The molecule has 0 aliphatic rings. The summed E-state index contributed by atoms with van der Waals surface area (Å²) < 4.78 is 10.4. The molecule has 2 aromatic carbocycles. The monoisotopic (exact) mass is 320 g/mol. The summed E-state index contributed by atoms with van der Waals surface area (Å²) in [6.07, 6.45) is 0. The van der Waals surface area contributed by atoms with E-state index in [1.807, 2.05) is 0 Å². The summed E-state index contributed by atoms with van der Waals surface area (Å²) in [5.41, 5.74) is 0.341. The Morgan fingerprint density at radius 1 is 1.14 bits per heavy atom. The zero-order chi connectivity index (χ0) is 16.1. The normalized spacial score (nSPS) is 10.1. The highest BCUT2D eigenvalue weighted by Gasteiger charge is 2.15. The van der Waals surface area contributed by atoms with Crippen LogP contribution in [0.1, 0.15) is 27.6 Å². The molecule has 2 aromatic rings. The summed E-state index contributed by atoms with van der Waals surface area (Å²) >= 11 is 5.98. The van der Waals surface area contributed by atoms with Gasteiger partial charge in [-0.05, 0) is 43.3 Å². The molecule has 5 nitrogen and oxygen atoms in total. The van der Waals surface area contributed by atoms with E-state index in [1.165, 1.54) is 30.3 Å². The van der Waals surface area contributed by atoms with Crippen LogP contribution in [0.25, 0.3) is 0 Å². The molecule has 0 fully saturated rings. The van der Waals surface area contributed by atoms with Crippen molar-refractivity contribution in [2.75, 3.05) is 6.61 Å². The first-order valence-electron chi connectivity index (χ1n) is 6.49. The number of ether oxygens (including phenoxy) is 2. The lowest BCUT2D eigenvalue weighted by molar-refractivity contribution is 0.0526. The third kappa shape index (κ3) is 3.56. The predicted molar refractivity (Wildman–Crippen MR) is 80.9 cm³/mol. The maximum atomic E-state index is 11.5. The highest BCUT2D eigenvalue weighted by atomic mass is 35.5. The number of hydrogen-bond acceptors (Lipinski definition) is 4. The second-order valence-corrected chi connectivity index (χ2v) is 4.68. The van der Waals surface area contributed by atoms with Crippen LogP contribution in [0.4, 0.5) is 0 Å². The fourth-order valence-corrected chi connectivity index (χ4v) is 1.99. The maximum Gasteiger partial charge on any atom is 0.339 e. The Bertz CT molecular complexity index is 694. The summed E-state index contributed by atoms with van der Waals surface area (Å²) in [4.78, 5) is 22.7. The predicted octanol–water partition coefficient (Wildman–Crippen LogP) is 4.01. The van der Waals surface area contributed by atoms with Gasteiger partial charge in [-0.25, -0.2) is 9.59 Å². The van der Waals surface area contributed by atoms with Crippen molar-refractivity contribution >= 4 is 23.5 Å². The van der Waals surface area contributed by atoms with Crippen LogP contribution in [0.3, 0.4) is 0 Å². The topological polar surface area (TPSA) is 72.8 Å². The van der Waals surface area contributed by atoms with E-state index in [0.717, 1.165) is 0 Å². The molecule has 0 spiro atoms. The second kappa shape index (κ2) is 6.95. The van der Waals surface area contributed by atoms with E-state index in [2.05, 4.69) is 0 Å². The van der Waals surface area contributed by atoms with Crippen molar-refractivity contribution in [3.8, 4) is 11.5 Å². The molecule has 114 valence electrons. The van der Waals surface area contributed by atoms with Gasteiger partial charge in [-0.1, -0.05) is 17.7 Å². The molecule has 0 aromatic heterocycles. The quantitative estimate of drug-likeness (QED) is 0.843. The molecule has 0 radical (unpaired) electrons. The van der Waals surface area contributed by atoms with Crippen molar-refractivity contribution in [3.05, 3.63) is 58.6 Å². The number of carboxylic acids is 1. The number of rotatable bonds is 5. The van der Waals surface area contributed by atoms with Crippen molar-refractivity contribution in [1.29, 1.82) is 0 Å². The Labute approximate surface area is 132 Å². The molecular weight excluding hydrogens is 308 g/mol. The number of hydrogen-bond donors (Lipinski definition) is 1. The van der Waals surface area contributed by atoms with Crippen molar-refractivity contribution in [1.82, 2.24) is 0 Å². The highest BCUT2D eigenvalue weighted by Crippen LogP contribution is 2.33. The number of aromatic carboxylic acids is 1. The van der Waals surface area contributed by atoms with Crippen LogP contribution in [0, 0.1) is 0 Å².